The van der Waals surface area contributed by atoms with Gasteiger partial charge in [-0.2, -0.15) is 5.26 Å². The van der Waals surface area contributed by atoms with E-state index in [0.29, 0.717) is 51.2 Å². The Morgan fingerprint density at radius 3 is 2.43 bits per heavy atom. The van der Waals surface area contributed by atoms with E-state index in [1.807, 2.05) is 42.5 Å². The number of nitrogens with one attached hydrogen (secondary N) is 1. The lowest BCUT2D eigenvalue weighted by Gasteiger charge is -2.16. The van der Waals surface area contributed by atoms with Gasteiger partial charge in [0.05, 0.1) is 11.6 Å². The fourth-order valence-corrected chi connectivity index (χ4v) is 5.34. The maximum atomic E-state index is 13.0. The molecule has 0 saturated carbocycles. The standard InChI is InChI=1S/C36H28BrClN2O4/c1-23-7-10-26-5-3-4-6-31(26)32(23)22-44-35-33(37)18-25(19-34(35)42-2)17-27(20-39)36(41)40-29-13-15-30(16-14-29)43-21-24-8-11-28(38)12-9-24/h3-19H,21-22H2,1-2H3,(H,40,41)/b27-17+. The molecule has 1 N–H and O–H groups in total. The van der Waals surface area contributed by atoms with Gasteiger partial charge in [0, 0.05) is 16.3 Å². The van der Waals surface area contributed by atoms with Gasteiger partial charge in [-0.25, -0.2) is 0 Å². The quantitative estimate of drug-likeness (QED) is 0.119. The summed E-state index contributed by atoms with van der Waals surface area (Å²) in [6.45, 7) is 2.79. The fourth-order valence-electron chi connectivity index (χ4n) is 4.64. The van der Waals surface area contributed by atoms with E-state index in [1.54, 1.807) is 43.5 Å². The first-order chi connectivity index (χ1) is 21.3. The van der Waals surface area contributed by atoms with Crippen LogP contribution in [-0.2, 0) is 18.0 Å². The Morgan fingerprint density at radius 1 is 0.955 bits per heavy atom. The second kappa shape index (κ2) is 14.1. The highest BCUT2D eigenvalue weighted by molar-refractivity contribution is 9.10. The summed E-state index contributed by atoms with van der Waals surface area (Å²) in [5.74, 6) is 1.10. The van der Waals surface area contributed by atoms with Crippen molar-refractivity contribution in [3.63, 3.8) is 0 Å². The highest BCUT2D eigenvalue weighted by atomic mass is 79.9. The van der Waals surface area contributed by atoms with Crippen molar-refractivity contribution in [1.82, 2.24) is 0 Å². The molecule has 5 aromatic rings. The monoisotopic (exact) mass is 666 g/mol. The van der Waals surface area contributed by atoms with Crippen molar-refractivity contribution in [2.24, 2.45) is 0 Å². The van der Waals surface area contributed by atoms with Crippen LogP contribution in [-0.4, -0.2) is 13.0 Å². The molecular weight excluding hydrogens is 640 g/mol. The van der Waals surface area contributed by atoms with Crippen LogP contribution < -0.4 is 19.5 Å². The Bertz CT molecular complexity index is 1880. The molecule has 0 atom stereocenters. The van der Waals surface area contributed by atoms with E-state index >= 15 is 0 Å². The number of hydrogen-bond donors (Lipinski definition) is 1. The predicted octanol–water partition coefficient (Wildman–Crippen LogP) is 9.28. The number of hydrogen-bond acceptors (Lipinski definition) is 5. The summed E-state index contributed by atoms with van der Waals surface area (Å²) in [4.78, 5) is 13.0. The van der Waals surface area contributed by atoms with E-state index in [0.717, 1.165) is 27.5 Å². The Balaban J connectivity index is 1.27. The Hall–Kier alpha value is -4.77. The number of benzene rings is 5. The molecule has 0 aliphatic heterocycles. The number of fused-ring (bicyclic) bond motifs is 1. The second-order valence-electron chi connectivity index (χ2n) is 9.97. The van der Waals surface area contributed by atoms with Gasteiger partial charge in [-0.15, -0.1) is 0 Å². The summed E-state index contributed by atoms with van der Waals surface area (Å²) in [5, 5.41) is 15.5. The maximum Gasteiger partial charge on any atom is 0.266 e. The van der Waals surface area contributed by atoms with Gasteiger partial charge in [-0.05, 0) is 105 Å². The van der Waals surface area contributed by atoms with Crippen molar-refractivity contribution in [2.75, 3.05) is 12.4 Å². The lowest BCUT2D eigenvalue weighted by Crippen LogP contribution is -2.13. The number of anilines is 1. The molecule has 0 fully saturated rings. The van der Waals surface area contributed by atoms with E-state index in [4.69, 9.17) is 25.8 Å². The molecule has 0 radical (unpaired) electrons. The summed E-state index contributed by atoms with van der Waals surface area (Å²) in [5.41, 5.74) is 4.26. The summed E-state index contributed by atoms with van der Waals surface area (Å²) in [7, 11) is 1.55. The second-order valence-corrected chi connectivity index (χ2v) is 11.3. The van der Waals surface area contributed by atoms with Crippen LogP contribution in [0.4, 0.5) is 5.69 Å². The topological polar surface area (TPSA) is 80.6 Å². The number of ether oxygens (including phenoxy) is 3. The van der Waals surface area contributed by atoms with Crippen molar-refractivity contribution < 1.29 is 19.0 Å². The van der Waals surface area contributed by atoms with Gasteiger partial charge < -0.3 is 19.5 Å². The average molecular weight is 668 g/mol. The predicted molar refractivity (Wildman–Crippen MR) is 178 cm³/mol. The van der Waals surface area contributed by atoms with Crippen LogP contribution in [0.1, 0.15) is 22.3 Å². The molecule has 0 aliphatic rings. The van der Waals surface area contributed by atoms with Crippen LogP contribution in [0.15, 0.2) is 107 Å². The van der Waals surface area contributed by atoms with Crippen molar-refractivity contribution in [2.45, 2.75) is 20.1 Å². The number of carbonyl (C=O) groups is 1. The molecular formula is C36H28BrClN2O4. The van der Waals surface area contributed by atoms with Gasteiger partial charge in [-0.3, -0.25) is 4.79 Å². The highest BCUT2D eigenvalue weighted by Crippen LogP contribution is 2.38. The number of carbonyl (C=O) groups excluding carboxylic acids is 1. The third-order valence-electron chi connectivity index (χ3n) is 6.99. The summed E-state index contributed by atoms with van der Waals surface area (Å²) in [6, 6.07) is 32.2. The lowest BCUT2D eigenvalue weighted by atomic mass is 10.0. The molecule has 1 amide bonds. The maximum absolute atomic E-state index is 13.0. The molecule has 44 heavy (non-hydrogen) atoms. The Morgan fingerprint density at radius 2 is 1.70 bits per heavy atom. The summed E-state index contributed by atoms with van der Waals surface area (Å²) >= 11 is 9.52. The molecule has 0 saturated heterocycles. The van der Waals surface area contributed by atoms with Gasteiger partial charge in [0.15, 0.2) is 11.5 Å². The van der Waals surface area contributed by atoms with Gasteiger partial charge in [0.25, 0.3) is 5.91 Å². The fraction of sp³-hybridized carbons (Fsp3) is 0.111. The molecule has 5 aromatic carbocycles. The largest absolute Gasteiger partial charge is 0.493 e. The smallest absolute Gasteiger partial charge is 0.266 e. The normalized spacial score (nSPS) is 11.1. The molecule has 0 bridgehead atoms. The first-order valence-corrected chi connectivity index (χ1v) is 14.9. The average Bonchev–Trinajstić information content (AvgIpc) is 3.04. The number of rotatable bonds is 10. The first-order valence-electron chi connectivity index (χ1n) is 13.7. The summed E-state index contributed by atoms with van der Waals surface area (Å²) < 4.78 is 18.3. The zero-order valence-corrected chi connectivity index (χ0v) is 26.4. The molecule has 8 heteroatoms. The minimum atomic E-state index is -0.538. The third kappa shape index (κ3) is 7.41. The van der Waals surface area contributed by atoms with Crippen molar-refractivity contribution in [1.29, 1.82) is 5.26 Å². The first kappa shape index (κ1) is 30.7. The number of methoxy groups -OCH3 is 1. The van der Waals surface area contributed by atoms with Crippen molar-refractivity contribution in [3.8, 4) is 23.3 Å². The van der Waals surface area contributed by atoms with E-state index in [2.05, 4.69) is 52.4 Å². The van der Waals surface area contributed by atoms with Crippen LogP contribution in [0.5, 0.6) is 17.2 Å². The molecule has 0 spiro atoms. The van der Waals surface area contributed by atoms with Crippen LogP contribution >= 0.6 is 27.5 Å². The molecule has 6 nitrogen and oxygen atoms in total. The van der Waals surface area contributed by atoms with Crippen LogP contribution in [0.3, 0.4) is 0 Å². The Kier molecular flexibility index (Phi) is 9.86. The van der Waals surface area contributed by atoms with Crippen LogP contribution in [0.25, 0.3) is 16.8 Å². The molecule has 0 aliphatic carbocycles. The number of amides is 1. The van der Waals surface area contributed by atoms with E-state index in [1.165, 1.54) is 6.08 Å². The van der Waals surface area contributed by atoms with E-state index in [-0.39, 0.29) is 5.57 Å². The van der Waals surface area contributed by atoms with Crippen molar-refractivity contribution in [3.05, 3.63) is 134 Å². The molecule has 220 valence electrons. The number of nitriles is 1. The zero-order valence-electron chi connectivity index (χ0n) is 24.1. The number of halogens is 2. The van der Waals surface area contributed by atoms with E-state index < -0.39 is 5.91 Å². The van der Waals surface area contributed by atoms with Gasteiger partial charge in [-0.1, -0.05) is 60.1 Å². The number of nitrogens with zero attached hydrogens (tertiary/aromatic N) is 1. The number of aryl methyl sites for hydroxylation is 1. The minimum absolute atomic E-state index is 0.0675. The molecule has 0 heterocycles. The van der Waals surface area contributed by atoms with Crippen molar-refractivity contribution >= 4 is 56.0 Å². The minimum Gasteiger partial charge on any atom is -0.493 e. The van der Waals surface area contributed by atoms with Crippen LogP contribution in [0, 0.1) is 18.3 Å². The van der Waals surface area contributed by atoms with E-state index in [9.17, 15) is 10.1 Å². The van der Waals surface area contributed by atoms with Crippen LogP contribution in [0.2, 0.25) is 5.02 Å². The molecule has 5 rings (SSSR count). The zero-order chi connectivity index (χ0) is 31.1. The SMILES string of the molecule is COc1cc(/C=C(\C#N)C(=O)Nc2ccc(OCc3ccc(Cl)cc3)cc2)cc(Br)c1OCc1c(C)ccc2ccccc12. The van der Waals surface area contributed by atoms with Gasteiger partial charge in [0.1, 0.15) is 30.6 Å². The summed E-state index contributed by atoms with van der Waals surface area (Å²) in [6.07, 6.45) is 1.50. The van der Waals surface area contributed by atoms with Gasteiger partial charge >= 0.3 is 0 Å². The van der Waals surface area contributed by atoms with Gasteiger partial charge in [0.2, 0.25) is 0 Å². The Labute approximate surface area is 269 Å². The highest BCUT2D eigenvalue weighted by Gasteiger charge is 2.16. The third-order valence-corrected chi connectivity index (χ3v) is 7.84. The lowest BCUT2D eigenvalue weighted by molar-refractivity contribution is -0.112. The molecule has 0 aromatic heterocycles. The molecule has 0 unspecified atom stereocenters.